The van der Waals surface area contributed by atoms with Crippen molar-refractivity contribution in [3.63, 3.8) is 0 Å². The molecule has 3 aliphatic carbocycles. The number of hydrogen-bond donors (Lipinski definition) is 0. The Labute approximate surface area is 281 Å². The Bertz CT molecular complexity index is 2530. The van der Waals surface area contributed by atoms with Crippen molar-refractivity contribution in [3.8, 4) is 0 Å². The van der Waals surface area contributed by atoms with Crippen molar-refractivity contribution in [2.75, 3.05) is 0 Å². The zero-order chi connectivity index (χ0) is 30.6. The molecule has 4 atom stereocenters. The van der Waals surface area contributed by atoms with Crippen LogP contribution in [0.25, 0.3) is 43.5 Å². The third-order valence-electron chi connectivity index (χ3n) is 10.6. The highest BCUT2D eigenvalue weighted by atomic mass is 32.2. The smallest absolute Gasteiger partial charge is 0.230 e. The fourth-order valence-electron chi connectivity index (χ4n) is 8.59. The molecule has 2 aliphatic heterocycles. The Balaban J connectivity index is 1.14. The van der Waals surface area contributed by atoms with E-state index >= 15 is 0 Å². The highest BCUT2D eigenvalue weighted by Crippen LogP contribution is 2.54. The van der Waals surface area contributed by atoms with Gasteiger partial charge in [0.25, 0.3) is 0 Å². The van der Waals surface area contributed by atoms with Crippen LogP contribution < -0.4 is 0 Å². The lowest BCUT2D eigenvalue weighted by Gasteiger charge is -2.35. The fraction of sp³-hybridized carbons (Fsp3) is 0.143. The number of para-hydroxylation sites is 1. The summed E-state index contributed by atoms with van der Waals surface area (Å²) in [6.07, 6.45) is 18.2. The van der Waals surface area contributed by atoms with E-state index in [-0.39, 0.29) is 12.0 Å². The van der Waals surface area contributed by atoms with E-state index in [2.05, 4.69) is 132 Å². The Hall–Kier alpha value is -4.71. The van der Waals surface area contributed by atoms with Gasteiger partial charge in [-0.05, 0) is 64.9 Å². The summed E-state index contributed by atoms with van der Waals surface area (Å²) in [6, 6.07) is 31.4. The molecular weight excluding hydrogens is 611 g/mol. The maximum atomic E-state index is 5.66. The van der Waals surface area contributed by atoms with E-state index in [0.29, 0.717) is 11.2 Å². The second-order valence-corrected chi connectivity index (χ2v) is 15.4. The van der Waals surface area contributed by atoms with E-state index < -0.39 is 0 Å². The number of benzene rings is 4. The predicted octanol–water partition coefficient (Wildman–Crippen LogP) is 10.4. The molecule has 0 spiro atoms. The molecule has 3 nitrogen and oxygen atoms in total. The summed E-state index contributed by atoms with van der Waals surface area (Å²) in [7, 11) is 0. The minimum Gasteiger partial charge on any atom is -0.278 e. The van der Waals surface area contributed by atoms with Gasteiger partial charge >= 0.3 is 0 Å². The number of fused-ring (bicyclic) bond motifs is 13. The summed E-state index contributed by atoms with van der Waals surface area (Å²) in [5, 5.41) is 4.29. The second kappa shape index (κ2) is 9.90. The van der Waals surface area contributed by atoms with Gasteiger partial charge in [-0.25, -0.2) is 9.98 Å². The van der Waals surface area contributed by atoms with Gasteiger partial charge in [0.2, 0.25) is 5.96 Å². The minimum atomic E-state index is -0.0794. The normalized spacial score (nSPS) is 23.6. The molecule has 4 aromatic carbocycles. The van der Waals surface area contributed by atoms with Crippen molar-refractivity contribution in [2.45, 2.75) is 34.9 Å². The third kappa shape index (κ3) is 3.70. The van der Waals surface area contributed by atoms with Crippen LogP contribution in [0.15, 0.2) is 136 Å². The van der Waals surface area contributed by atoms with E-state index in [1.54, 1.807) is 0 Å². The molecule has 0 fully saturated rings. The van der Waals surface area contributed by atoms with Crippen LogP contribution in [0.3, 0.4) is 0 Å². The topological polar surface area (TPSA) is 29.6 Å². The largest absolute Gasteiger partial charge is 0.278 e. The van der Waals surface area contributed by atoms with E-state index in [9.17, 15) is 0 Å². The van der Waals surface area contributed by atoms with Crippen molar-refractivity contribution >= 4 is 78.3 Å². The SMILES string of the molecule is C1=CC2=NC(n3c4ccccc4c4c5sc6c(c5ccc43)C=CCC6)=NC(C3=CC4Sc5ccccc5C4c4ccccc43)C2C=C1. The number of allylic oxidation sites excluding steroid dienone is 4. The first-order valence-electron chi connectivity index (χ1n) is 16.5. The molecule has 6 aromatic rings. The van der Waals surface area contributed by atoms with Gasteiger partial charge in [-0.2, -0.15) is 0 Å². The Morgan fingerprint density at radius 2 is 1.66 bits per heavy atom. The maximum absolute atomic E-state index is 5.66. The molecule has 0 N–H and O–H groups in total. The molecule has 4 heterocycles. The van der Waals surface area contributed by atoms with Crippen LogP contribution in [0.2, 0.25) is 0 Å². The Morgan fingerprint density at radius 1 is 0.787 bits per heavy atom. The van der Waals surface area contributed by atoms with Crippen molar-refractivity contribution in [1.29, 1.82) is 0 Å². The summed E-state index contributed by atoms with van der Waals surface area (Å²) in [6.45, 7) is 0. The van der Waals surface area contributed by atoms with Crippen LogP contribution in [0.5, 0.6) is 0 Å². The molecule has 5 aliphatic rings. The number of aromatic nitrogens is 1. The standard InChI is InChI=1S/C42H29N3S2/c1-2-13-26-24(11-1)31(23-37-38(26)30-16-6-10-20-36(30)46-37)40-28-14-3-7-17-32(28)43-42(44-40)45-33-18-8-4-15-29(33)39-34(45)22-21-27-25-12-5-9-19-35(25)47-41(27)39/h1-8,10-18,20-23,28,37-38,40H,9,19H2. The first-order chi connectivity index (χ1) is 23.3. The Morgan fingerprint density at radius 3 is 2.64 bits per heavy atom. The van der Waals surface area contributed by atoms with Crippen molar-refractivity contribution in [3.05, 3.63) is 149 Å². The van der Waals surface area contributed by atoms with E-state index in [1.165, 1.54) is 64.0 Å². The number of aryl methyl sites for hydroxylation is 1. The average molecular weight is 640 g/mol. The van der Waals surface area contributed by atoms with Crippen LogP contribution in [-0.4, -0.2) is 27.5 Å². The van der Waals surface area contributed by atoms with Crippen molar-refractivity contribution in [1.82, 2.24) is 4.57 Å². The van der Waals surface area contributed by atoms with Crippen LogP contribution in [0, 0.1) is 5.92 Å². The van der Waals surface area contributed by atoms with Gasteiger partial charge in [-0.3, -0.25) is 4.57 Å². The van der Waals surface area contributed by atoms with Gasteiger partial charge in [0.1, 0.15) is 0 Å². The van der Waals surface area contributed by atoms with Crippen LogP contribution in [-0.2, 0) is 6.42 Å². The van der Waals surface area contributed by atoms with Crippen molar-refractivity contribution in [2.24, 2.45) is 15.9 Å². The summed E-state index contributed by atoms with van der Waals surface area (Å²) in [5.74, 6) is 1.23. The van der Waals surface area contributed by atoms with E-state index in [1.807, 2.05) is 23.1 Å². The quantitative estimate of drug-likeness (QED) is 0.176. The summed E-state index contributed by atoms with van der Waals surface area (Å²) in [5.41, 5.74) is 10.3. The van der Waals surface area contributed by atoms with Crippen LogP contribution in [0.4, 0.5) is 0 Å². The molecule has 11 rings (SSSR count). The maximum Gasteiger partial charge on any atom is 0.230 e. The molecule has 0 radical (unpaired) electrons. The zero-order valence-electron chi connectivity index (χ0n) is 25.5. The lowest BCUT2D eigenvalue weighted by molar-refractivity contribution is 0.712. The zero-order valence-corrected chi connectivity index (χ0v) is 27.1. The van der Waals surface area contributed by atoms with E-state index in [0.717, 1.165) is 30.0 Å². The second-order valence-electron chi connectivity index (χ2n) is 13.1. The molecule has 0 saturated heterocycles. The molecule has 0 amide bonds. The number of rotatable bonds is 1. The predicted molar refractivity (Wildman–Crippen MR) is 200 cm³/mol. The van der Waals surface area contributed by atoms with Gasteiger partial charge in [0.15, 0.2) is 0 Å². The number of hydrogen-bond acceptors (Lipinski definition) is 4. The number of nitrogens with zero attached hydrogens (tertiary/aromatic N) is 3. The van der Waals surface area contributed by atoms with Gasteiger partial charge in [0.05, 0.1) is 22.8 Å². The molecule has 0 saturated carbocycles. The fourth-order valence-corrected chi connectivity index (χ4v) is 11.4. The highest BCUT2D eigenvalue weighted by Gasteiger charge is 2.42. The van der Waals surface area contributed by atoms with Crippen molar-refractivity contribution < 1.29 is 0 Å². The number of aliphatic imine (C=N–C) groups is 2. The van der Waals surface area contributed by atoms with Gasteiger partial charge in [0, 0.05) is 47.7 Å². The highest BCUT2D eigenvalue weighted by molar-refractivity contribution is 8.00. The molecule has 224 valence electrons. The lowest BCUT2D eigenvalue weighted by atomic mass is 9.74. The first kappa shape index (κ1) is 26.4. The molecule has 5 heteroatoms. The number of thiophene rings is 1. The lowest BCUT2D eigenvalue weighted by Crippen LogP contribution is -2.35. The molecule has 4 unspecified atom stereocenters. The molecule has 47 heavy (non-hydrogen) atoms. The minimum absolute atomic E-state index is 0.0794. The summed E-state index contributed by atoms with van der Waals surface area (Å²) < 4.78 is 3.71. The molecule has 2 aromatic heterocycles. The Kier molecular flexibility index (Phi) is 5.55. The van der Waals surface area contributed by atoms with Crippen LogP contribution >= 0.6 is 23.1 Å². The monoisotopic (exact) mass is 639 g/mol. The number of thioether (sulfide) groups is 1. The van der Waals surface area contributed by atoms with Gasteiger partial charge in [-0.1, -0.05) is 103 Å². The van der Waals surface area contributed by atoms with E-state index in [4.69, 9.17) is 9.98 Å². The molecular formula is C42H29N3S2. The van der Waals surface area contributed by atoms with Gasteiger partial charge < -0.3 is 0 Å². The van der Waals surface area contributed by atoms with Gasteiger partial charge in [-0.15, -0.1) is 23.1 Å². The first-order valence-corrected chi connectivity index (χ1v) is 18.2. The summed E-state index contributed by atoms with van der Waals surface area (Å²) >= 11 is 3.97. The van der Waals surface area contributed by atoms with Crippen LogP contribution in [0.1, 0.15) is 39.5 Å². The third-order valence-corrected chi connectivity index (χ3v) is 13.2. The molecule has 0 bridgehead atoms. The average Bonchev–Trinajstić information content (AvgIpc) is 3.80. The summed E-state index contributed by atoms with van der Waals surface area (Å²) in [4.78, 5) is 13.9.